The monoisotopic (exact) mass is 1140 g/mol. The van der Waals surface area contributed by atoms with Crippen molar-refractivity contribution in [2.75, 3.05) is 42.7 Å². The highest BCUT2D eigenvalue weighted by molar-refractivity contribution is 7.03. The lowest BCUT2D eigenvalue weighted by atomic mass is 9.96. The van der Waals surface area contributed by atoms with Crippen LogP contribution in [0.3, 0.4) is 0 Å². The Labute approximate surface area is 471 Å². The fourth-order valence-corrected chi connectivity index (χ4v) is 52.0. The van der Waals surface area contributed by atoms with Gasteiger partial charge in [-0.1, -0.05) is 190 Å². The van der Waals surface area contributed by atoms with Gasteiger partial charge in [-0.05, 0) is 155 Å². The van der Waals surface area contributed by atoms with Gasteiger partial charge in [0.15, 0.2) is 0 Å². The molecule has 0 aliphatic heterocycles. The zero-order valence-corrected chi connectivity index (χ0v) is 60.0. The molecule has 0 aromatic heterocycles. The SMILES string of the molecule is CO[Si](OC)(OC)c1cc2c([Si](C(C)C)(C(C)C)C(C)C)c3cc4c([Si](C(C)C)(C(C)C)C(C)C)c5ccccc5c([Si](C(C)C)(C(C)C)C(C)C)c4cc3c([Si](C(C)C)(C(C)C)C(C)C)c2cc1[Si](OC)(OC)OC. The predicted octanol–water partition coefficient (Wildman–Crippen LogP) is 16.0. The second-order valence-corrected chi connectivity index (χ2v) is 55.9. The highest BCUT2D eigenvalue weighted by atomic mass is 28.4. The molecule has 426 valence electrons. The Balaban J connectivity index is 2.65. The van der Waals surface area contributed by atoms with Gasteiger partial charge >= 0.3 is 17.6 Å². The number of benzene rings is 5. The smallest absolute Gasteiger partial charge is 0.373 e. The van der Waals surface area contributed by atoms with Gasteiger partial charge in [-0.25, -0.2) is 0 Å². The van der Waals surface area contributed by atoms with Crippen molar-refractivity contribution < 1.29 is 26.6 Å². The zero-order chi connectivity index (χ0) is 57.9. The molecule has 0 spiro atoms. The fourth-order valence-electron chi connectivity index (χ4n) is 18.9. The first-order chi connectivity index (χ1) is 35.3. The first-order valence-corrected chi connectivity index (χ1v) is 42.0. The molecule has 5 aromatic rings. The van der Waals surface area contributed by atoms with Crippen LogP contribution in [0.1, 0.15) is 166 Å². The Bertz CT molecular complexity index is 2530. The average Bonchev–Trinajstić information content (AvgIpc) is 3.33. The standard InChI is InChI=1S/C64H110O6Si6/c1-39(2)71(40(3)4,41(5)6)61-51-33-31-32-34-52(51)62(72(42(7)8,43(9)10)44(11)12)54-36-56-55(35-53(54)61)63(73(45(13)14,46(15)16)47(17)18)57-37-59(75(65-25,66-26)67-27)60(76(68-28,69-29)70-30)38-58(57)64(56)74(48(19)20,49(21)22)50(23)24/h31-50H,1-30H3. The normalized spacial score (nSPS) is 14.3. The van der Waals surface area contributed by atoms with E-state index in [1.165, 1.54) is 43.1 Å². The summed E-state index contributed by atoms with van der Waals surface area (Å²) in [4.78, 5) is 0. The van der Waals surface area contributed by atoms with Crippen LogP contribution in [0.2, 0.25) is 66.5 Å². The Morgan fingerprint density at radius 2 is 0.395 bits per heavy atom. The van der Waals surface area contributed by atoms with E-state index in [0.29, 0.717) is 66.5 Å². The van der Waals surface area contributed by atoms with Crippen molar-refractivity contribution in [2.45, 2.75) is 233 Å². The van der Waals surface area contributed by atoms with E-state index < -0.39 is 49.9 Å². The van der Waals surface area contributed by atoms with Gasteiger partial charge in [0.1, 0.15) is 0 Å². The Hall–Kier alpha value is -1.80. The van der Waals surface area contributed by atoms with Crippen LogP contribution in [0.15, 0.2) is 48.5 Å². The van der Waals surface area contributed by atoms with Gasteiger partial charge in [0.25, 0.3) is 0 Å². The van der Waals surface area contributed by atoms with Gasteiger partial charge in [-0.2, -0.15) is 0 Å². The lowest BCUT2D eigenvalue weighted by molar-refractivity contribution is 0.135. The van der Waals surface area contributed by atoms with Crippen molar-refractivity contribution in [1.29, 1.82) is 0 Å². The van der Waals surface area contributed by atoms with Gasteiger partial charge in [-0.3, -0.25) is 0 Å². The summed E-state index contributed by atoms with van der Waals surface area (Å²) in [6.45, 7) is 61.6. The van der Waals surface area contributed by atoms with E-state index in [4.69, 9.17) is 26.6 Å². The molecule has 5 aromatic carbocycles. The molecule has 6 nitrogen and oxygen atoms in total. The molecule has 0 amide bonds. The molecule has 76 heavy (non-hydrogen) atoms. The molecule has 0 unspecified atom stereocenters. The first-order valence-electron chi connectivity index (χ1n) is 29.6. The molecule has 0 aliphatic carbocycles. The zero-order valence-electron chi connectivity index (χ0n) is 54.0. The lowest BCUT2D eigenvalue weighted by Gasteiger charge is -2.49. The summed E-state index contributed by atoms with van der Waals surface area (Å²) in [6, 6.07) is 20.6. The maximum atomic E-state index is 6.61. The number of hydrogen-bond donors (Lipinski definition) is 0. The molecule has 0 atom stereocenters. The molecule has 0 bridgehead atoms. The fraction of sp³-hybridized carbons (Fsp3) is 0.656. The van der Waals surface area contributed by atoms with Gasteiger partial charge in [0.05, 0.1) is 32.3 Å². The van der Waals surface area contributed by atoms with E-state index >= 15 is 0 Å². The predicted molar refractivity (Wildman–Crippen MR) is 352 cm³/mol. The van der Waals surface area contributed by atoms with Crippen molar-refractivity contribution in [3.05, 3.63) is 48.5 Å². The summed E-state index contributed by atoms with van der Waals surface area (Å²) in [7, 11) is -6.95. The molecule has 0 fully saturated rings. The number of hydrogen-bond acceptors (Lipinski definition) is 6. The molecule has 0 heterocycles. The third-order valence-electron chi connectivity index (χ3n) is 20.9. The largest absolute Gasteiger partial charge is 0.536 e. The van der Waals surface area contributed by atoms with Crippen LogP contribution in [0.4, 0.5) is 0 Å². The summed E-state index contributed by atoms with van der Waals surface area (Å²) in [5.74, 6) is 0. The second-order valence-electron chi connectivity index (χ2n) is 26.9. The van der Waals surface area contributed by atoms with Crippen LogP contribution >= 0.6 is 0 Å². The Morgan fingerprint density at radius 1 is 0.237 bits per heavy atom. The van der Waals surface area contributed by atoms with Gasteiger partial charge in [0.2, 0.25) is 0 Å². The topological polar surface area (TPSA) is 55.4 Å². The lowest BCUT2D eigenvalue weighted by Crippen LogP contribution is -2.69. The van der Waals surface area contributed by atoms with E-state index in [2.05, 4.69) is 215 Å². The Morgan fingerprint density at radius 3 is 0.553 bits per heavy atom. The van der Waals surface area contributed by atoms with Crippen LogP contribution < -0.4 is 31.1 Å². The minimum atomic E-state index is -3.65. The van der Waals surface area contributed by atoms with E-state index in [-0.39, 0.29) is 0 Å². The summed E-state index contributed by atoms with van der Waals surface area (Å²) < 4.78 is 39.6. The highest BCUT2D eigenvalue weighted by Crippen LogP contribution is 2.51. The van der Waals surface area contributed by atoms with Crippen LogP contribution in [0, 0.1) is 0 Å². The highest BCUT2D eigenvalue weighted by Gasteiger charge is 2.56. The van der Waals surface area contributed by atoms with Crippen LogP contribution in [0.25, 0.3) is 43.1 Å². The maximum absolute atomic E-state index is 6.61. The summed E-state index contributed by atoms with van der Waals surface area (Å²) >= 11 is 0. The van der Waals surface area contributed by atoms with Gasteiger partial charge in [0, 0.05) is 53.0 Å². The van der Waals surface area contributed by atoms with Crippen molar-refractivity contribution in [1.82, 2.24) is 0 Å². The number of fused-ring (bicyclic) bond motifs is 4. The molecule has 0 saturated heterocycles. The van der Waals surface area contributed by atoms with Crippen LogP contribution in [-0.2, 0) is 26.6 Å². The molecule has 5 rings (SSSR count). The maximum Gasteiger partial charge on any atom is 0.536 e. The third kappa shape index (κ3) is 9.22. The van der Waals surface area contributed by atoms with Crippen molar-refractivity contribution in [2.24, 2.45) is 0 Å². The van der Waals surface area contributed by atoms with Gasteiger partial charge < -0.3 is 26.6 Å². The second kappa shape index (κ2) is 24.0. The van der Waals surface area contributed by atoms with Crippen molar-refractivity contribution in [3.63, 3.8) is 0 Å². The van der Waals surface area contributed by atoms with E-state index in [1.54, 1.807) is 63.4 Å². The molecule has 12 heteroatoms. The molecule has 0 saturated carbocycles. The van der Waals surface area contributed by atoms with Crippen LogP contribution in [0.5, 0.6) is 0 Å². The summed E-state index contributed by atoms with van der Waals surface area (Å²) in [6.07, 6.45) is 0. The van der Waals surface area contributed by atoms with E-state index in [9.17, 15) is 0 Å². The summed E-state index contributed by atoms with van der Waals surface area (Å²) in [5, 5.41) is 20.0. The molecular formula is C64H110O6Si6. The van der Waals surface area contributed by atoms with Crippen molar-refractivity contribution in [3.8, 4) is 0 Å². The molecular weight excluding hydrogens is 1030 g/mol. The number of rotatable bonds is 24. The minimum Gasteiger partial charge on any atom is -0.373 e. The van der Waals surface area contributed by atoms with Gasteiger partial charge in [-0.15, -0.1) is 0 Å². The minimum absolute atomic E-state index is 0.413. The first kappa shape index (κ1) is 65.0. The quantitative estimate of drug-likeness (QED) is 0.0453. The van der Waals surface area contributed by atoms with Crippen molar-refractivity contribution >= 4 is 124 Å². The summed E-state index contributed by atoms with van der Waals surface area (Å²) in [5.41, 5.74) is 5.54. The molecule has 0 N–H and O–H groups in total. The van der Waals surface area contributed by atoms with Crippen LogP contribution in [-0.4, -0.2) is 92.6 Å². The average molecular weight is 1140 g/mol. The van der Waals surface area contributed by atoms with E-state index in [1.807, 2.05) is 0 Å². The Kier molecular flexibility index (Phi) is 20.5. The molecule has 0 radical (unpaired) electrons. The molecule has 0 aliphatic rings. The van der Waals surface area contributed by atoms with E-state index in [0.717, 1.165) is 10.4 Å². The third-order valence-corrected chi connectivity index (χ3v) is 55.0.